The zero-order chi connectivity index (χ0) is 20.7. The van der Waals surface area contributed by atoms with Crippen molar-refractivity contribution in [1.82, 2.24) is 15.5 Å². The highest BCUT2D eigenvalue weighted by Gasteiger charge is 2.58. The number of likely N-dealkylation sites (tertiary alicyclic amines) is 1. The first-order chi connectivity index (χ1) is 14.7. The average molecular weight is 534 g/mol. The first kappa shape index (κ1) is 22.3. The largest absolute Gasteiger partial charge is 0.357 e. The molecule has 166 valence electrons. The molecule has 4 atom stereocenters. The quantitative estimate of drug-likeness (QED) is 0.194. The van der Waals surface area contributed by atoms with E-state index in [0.29, 0.717) is 19.6 Å². The highest BCUT2D eigenvalue weighted by molar-refractivity contribution is 14.0. The van der Waals surface area contributed by atoms with Crippen LogP contribution in [0.2, 0.25) is 0 Å². The maximum atomic E-state index is 12.8. The van der Waals surface area contributed by atoms with Gasteiger partial charge < -0.3 is 10.6 Å². The topological polar surface area (TPSA) is 73.8 Å². The maximum Gasteiger partial charge on any atom is 0.233 e. The van der Waals surface area contributed by atoms with Gasteiger partial charge >= 0.3 is 0 Å². The summed E-state index contributed by atoms with van der Waals surface area (Å²) < 4.78 is 0. The summed E-state index contributed by atoms with van der Waals surface area (Å²) in [6, 6.07) is 6.68. The molecule has 1 aromatic carbocycles. The van der Waals surface area contributed by atoms with Crippen molar-refractivity contribution in [3.05, 3.63) is 47.0 Å². The van der Waals surface area contributed by atoms with Gasteiger partial charge in [-0.2, -0.15) is 0 Å². The van der Waals surface area contributed by atoms with Crippen LogP contribution < -0.4 is 10.6 Å². The van der Waals surface area contributed by atoms with E-state index in [4.69, 9.17) is 4.99 Å². The molecule has 7 heteroatoms. The zero-order valence-electron chi connectivity index (χ0n) is 18.0. The summed E-state index contributed by atoms with van der Waals surface area (Å²) >= 11 is 0. The molecule has 6 nitrogen and oxygen atoms in total. The summed E-state index contributed by atoms with van der Waals surface area (Å²) in [5.41, 5.74) is 4.15. The van der Waals surface area contributed by atoms with Gasteiger partial charge in [0, 0.05) is 19.6 Å². The number of rotatable bonds is 6. The van der Waals surface area contributed by atoms with Crippen LogP contribution in [0.15, 0.2) is 35.3 Å². The number of fused-ring (bicyclic) bond motifs is 6. The predicted molar refractivity (Wildman–Crippen MR) is 131 cm³/mol. The van der Waals surface area contributed by atoms with Crippen LogP contribution in [0.1, 0.15) is 36.5 Å². The van der Waals surface area contributed by atoms with Crippen LogP contribution >= 0.6 is 24.0 Å². The van der Waals surface area contributed by atoms with Crippen LogP contribution in [0.4, 0.5) is 0 Å². The van der Waals surface area contributed by atoms with Crippen LogP contribution in [0.25, 0.3) is 0 Å². The molecule has 2 amide bonds. The van der Waals surface area contributed by atoms with Gasteiger partial charge in [-0.3, -0.25) is 14.5 Å². The van der Waals surface area contributed by atoms with Crippen molar-refractivity contribution in [1.29, 1.82) is 0 Å². The lowest BCUT2D eigenvalue weighted by molar-refractivity contribution is -0.140. The van der Waals surface area contributed by atoms with Crippen molar-refractivity contribution in [3.8, 4) is 0 Å². The van der Waals surface area contributed by atoms with E-state index in [1.807, 2.05) is 6.92 Å². The third kappa shape index (κ3) is 4.13. The van der Waals surface area contributed by atoms with Crippen molar-refractivity contribution in [2.45, 2.75) is 39.2 Å². The highest BCUT2D eigenvalue weighted by atomic mass is 127. The molecule has 31 heavy (non-hydrogen) atoms. The molecule has 0 aromatic heterocycles. The minimum absolute atomic E-state index is 0. The van der Waals surface area contributed by atoms with Gasteiger partial charge in [-0.15, -0.1) is 24.0 Å². The third-order valence-electron chi connectivity index (χ3n) is 7.12. The lowest BCUT2D eigenvalue weighted by atomic mass is 9.85. The molecule has 2 N–H and O–H groups in total. The van der Waals surface area contributed by atoms with Crippen molar-refractivity contribution >= 4 is 41.8 Å². The van der Waals surface area contributed by atoms with Crippen LogP contribution in [0.3, 0.4) is 0 Å². The van der Waals surface area contributed by atoms with Gasteiger partial charge in [0.25, 0.3) is 0 Å². The average Bonchev–Trinajstić information content (AvgIpc) is 3.52. The van der Waals surface area contributed by atoms with Crippen molar-refractivity contribution < 1.29 is 9.59 Å². The van der Waals surface area contributed by atoms with Gasteiger partial charge in [-0.1, -0.05) is 30.4 Å². The van der Waals surface area contributed by atoms with Crippen LogP contribution in [0.5, 0.6) is 0 Å². The number of hydrogen-bond acceptors (Lipinski definition) is 3. The number of nitrogens with one attached hydrogen (secondary N) is 2. The van der Waals surface area contributed by atoms with Crippen LogP contribution in [-0.4, -0.2) is 42.3 Å². The van der Waals surface area contributed by atoms with E-state index in [1.54, 1.807) is 0 Å². The Morgan fingerprint density at radius 3 is 2.48 bits per heavy atom. The van der Waals surface area contributed by atoms with Crippen LogP contribution in [0, 0.1) is 23.7 Å². The van der Waals surface area contributed by atoms with E-state index in [-0.39, 0.29) is 59.5 Å². The number of imide groups is 1. The number of aryl methyl sites for hydroxylation is 2. The fraction of sp³-hybridized carbons (Fsp3) is 0.542. The van der Waals surface area contributed by atoms with Gasteiger partial charge in [-0.25, -0.2) is 4.99 Å². The monoisotopic (exact) mass is 534 g/mol. The first-order valence-corrected chi connectivity index (χ1v) is 11.3. The third-order valence-corrected chi connectivity index (χ3v) is 7.12. The lowest BCUT2D eigenvalue weighted by Gasteiger charge is -2.18. The summed E-state index contributed by atoms with van der Waals surface area (Å²) in [6.45, 7) is 4.31. The number of nitrogens with zero attached hydrogens (tertiary/aromatic N) is 2. The Morgan fingerprint density at radius 1 is 1.06 bits per heavy atom. The van der Waals surface area contributed by atoms with Gasteiger partial charge in [0.15, 0.2) is 5.96 Å². The molecule has 4 aliphatic rings. The molecule has 4 unspecified atom stereocenters. The van der Waals surface area contributed by atoms with E-state index in [0.717, 1.165) is 18.9 Å². The number of hydrogen-bond donors (Lipinski definition) is 2. The molecule has 2 bridgehead atoms. The predicted octanol–water partition coefficient (Wildman–Crippen LogP) is 2.66. The molecule has 3 aliphatic carbocycles. The van der Waals surface area contributed by atoms with E-state index in [2.05, 4.69) is 41.0 Å². The molecule has 0 spiro atoms. The molecule has 1 heterocycles. The molecular formula is C24H31IN4O2. The number of benzene rings is 1. The van der Waals surface area contributed by atoms with Crippen molar-refractivity contribution in [2.24, 2.45) is 28.7 Å². The maximum absolute atomic E-state index is 12.8. The molecule has 0 radical (unpaired) electrons. The Hall–Kier alpha value is -1.90. The Kier molecular flexibility index (Phi) is 6.69. The summed E-state index contributed by atoms with van der Waals surface area (Å²) in [5, 5.41) is 6.55. The van der Waals surface area contributed by atoms with Crippen molar-refractivity contribution in [3.63, 3.8) is 0 Å². The fourth-order valence-electron chi connectivity index (χ4n) is 5.71. The standard InChI is InChI=1S/C24H30N4O2.HI/c1-2-25-24(27-14-15-6-7-16-4-3-5-17(16)12-15)26-10-11-28-22(29)20-18-8-9-19(13-18)21(20)23(28)30;/h6-9,12,18-21H,2-5,10-11,13-14H2,1H3,(H2,25,26,27);1H. The number of amides is 2. The highest BCUT2D eigenvalue weighted by Crippen LogP contribution is 2.52. The van der Waals surface area contributed by atoms with Gasteiger partial charge in [0.1, 0.15) is 0 Å². The smallest absolute Gasteiger partial charge is 0.233 e. The lowest BCUT2D eigenvalue weighted by Crippen LogP contribution is -2.43. The molecule has 2 fully saturated rings. The normalized spacial score (nSPS) is 28.0. The van der Waals surface area contributed by atoms with E-state index >= 15 is 0 Å². The van der Waals surface area contributed by atoms with Crippen LogP contribution in [-0.2, 0) is 29.0 Å². The molecule has 1 saturated carbocycles. The fourth-order valence-corrected chi connectivity index (χ4v) is 5.71. The van der Waals surface area contributed by atoms with E-state index in [1.165, 1.54) is 40.9 Å². The minimum Gasteiger partial charge on any atom is -0.357 e. The summed E-state index contributed by atoms with van der Waals surface area (Å²) in [4.78, 5) is 31.7. The Bertz CT molecular complexity index is 898. The first-order valence-electron chi connectivity index (χ1n) is 11.3. The molecular weight excluding hydrogens is 503 g/mol. The van der Waals surface area contributed by atoms with E-state index in [9.17, 15) is 9.59 Å². The van der Waals surface area contributed by atoms with Gasteiger partial charge in [0.2, 0.25) is 11.8 Å². The Balaban J connectivity index is 0.00000231. The second-order valence-electron chi connectivity index (χ2n) is 8.91. The van der Waals surface area contributed by atoms with Gasteiger partial charge in [-0.05, 0) is 61.1 Å². The molecule has 5 rings (SSSR count). The second-order valence-corrected chi connectivity index (χ2v) is 8.91. The van der Waals surface area contributed by atoms with E-state index < -0.39 is 0 Å². The number of carbonyl (C=O) groups is 2. The summed E-state index contributed by atoms with van der Waals surface area (Å²) in [5.74, 6) is 1.05. The molecule has 1 aliphatic heterocycles. The number of allylic oxidation sites excluding steroid dienone is 2. The summed E-state index contributed by atoms with van der Waals surface area (Å²) in [6.07, 6.45) is 8.85. The Labute approximate surface area is 201 Å². The number of carbonyl (C=O) groups excluding carboxylic acids is 2. The SMILES string of the molecule is CCNC(=NCc1ccc2c(c1)CCC2)NCCN1C(=O)C2C3C=CC(C3)C2C1=O.I. The Morgan fingerprint density at radius 2 is 1.77 bits per heavy atom. The number of halogens is 1. The van der Waals surface area contributed by atoms with Gasteiger partial charge in [0.05, 0.1) is 18.4 Å². The summed E-state index contributed by atoms with van der Waals surface area (Å²) in [7, 11) is 0. The van der Waals surface area contributed by atoms with Crippen molar-refractivity contribution in [2.75, 3.05) is 19.6 Å². The second kappa shape index (κ2) is 9.30. The number of guanidine groups is 1. The minimum atomic E-state index is -0.116. The molecule has 1 saturated heterocycles. The number of aliphatic imine (C=N–C) groups is 1. The molecule has 1 aromatic rings. The zero-order valence-corrected chi connectivity index (χ0v) is 20.3.